The second kappa shape index (κ2) is 10.3. The van der Waals surface area contributed by atoms with Crippen molar-refractivity contribution in [3.63, 3.8) is 0 Å². The number of hydrogen-bond donors (Lipinski definition) is 2. The van der Waals surface area contributed by atoms with Crippen LogP contribution >= 0.6 is 0 Å². The van der Waals surface area contributed by atoms with Crippen molar-refractivity contribution in [3.8, 4) is 17.4 Å². The van der Waals surface area contributed by atoms with Crippen LogP contribution in [0.1, 0.15) is 33.1 Å². The largest absolute Gasteiger partial charge is 0.470 e. The molecular formula is C25H24N8O3. The lowest BCUT2D eigenvalue weighted by atomic mass is 10.1. The molecule has 0 aliphatic heterocycles. The van der Waals surface area contributed by atoms with Crippen LogP contribution in [0, 0.1) is 6.92 Å². The minimum absolute atomic E-state index is 0.128. The Balaban J connectivity index is 1.28. The van der Waals surface area contributed by atoms with Crippen LogP contribution in [0.4, 0.5) is 0 Å². The molecular weight excluding hydrogens is 460 g/mol. The van der Waals surface area contributed by atoms with Gasteiger partial charge in [0.1, 0.15) is 12.4 Å². The van der Waals surface area contributed by atoms with Gasteiger partial charge in [0.05, 0.1) is 17.0 Å². The van der Waals surface area contributed by atoms with E-state index in [1.54, 1.807) is 13.0 Å². The van der Waals surface area contributed by atoms with Crippen molar-refractivity contribution in [2.45, 2.75) is 26.5 Å². The number of hydrogen-bond acceptors (Lipinski definition) is 9. The third-order valence-corrected chi connectivity index (χ3v) is 5.44. The van der Waals surface area contributed by atoms with E-state index in [9.17, 15) is 4.79 Å². The molecule has 5 aromatic rings. The summed E-state index contributed by atoms with van der Waals surface area (Å²) in [6, 6.07) is 19.2. The number of aromatic nitrogens is 6. The van der Waals surface area contributed by atoms with E-state index in [0.717, 1.165) is 24.4 Å². The Morgan fingerprint density at radius 1 is 1.08 bits per heavy atom. The van der Waals surface area contributed by atoms with E-state index in [2.05, 4.69) is 42.9 Å². The van der Waals surface area contributed by atoms with Gasteiger partial charge >= 0.3 is 0 Å². The summed E-state index contributed by atoms with van der Waals surface area (Å²) in [6.45, 7) is 3.39. The zero-order chi connectivity index (χ0) is 24.9. The molecule has 0 fully saturated rings. The molecule has 36 heavy (non-hydrogen) atoms. The number of amides is 1. The van der Waals surface area contributed by atoms with Crippen LogP contribution in [0.15, 0.2) is 65.2 Å². The summed E-state index contributed by atoms with van der Waals surface area (Å²) in [5.41, 5.74) is 9.22. The zero-order valence-corrected chi connectivity index (χ0v) is 19.6. The maximum Gasteiger partial charge on any atom is 0.252 e. The van der Waals surface area contributed by atoms with Crippen molar-refractivity contribution in [1.29, 1.82) is 0 Å². The molecule has 182 valence electrons. The third-order valence-electron chi connectivity index (χ3n) is 5.44. The minimum atomic E-state index is -0.677. The smallest absolute Gasteiger partial charge is 0.252 e. The van der Waals surface area contributed by atoms with E-state index in [-0.39, 0.29) is 23.7 Å². The van der Waals surface area contributed by atoms with Crippen LogP contribution in [-0.2, 0) is 19.6 Å². The first kappa shape index (κ1) is 23.1. The van der Waals surface area contributed by atoms with Gasteiger partial charge in [-0.3, -0.25) is 9.78 Å². The second-order valence-electron chi connectivity index (χ2n) is 8.16. The Kier molecular flexibility index (Phi) is 6.63. The summed E-state index contributed by atoms with van der Waals surface area (Å²) in [6.07, 6.45) is 0.943. The molecule has 0 unspecified atom stereocenters. The van der Waals surface area contributed by atoms with Crippen molar-refractivity contribution < 1.29 is 14.1 Å². The fraction of sp³-hybridized carbons (Fsp3) is 0.200. The second-order valence-corrected chi connectivity index (χ2v) is 8.16. The standard InChI is InChI=1S/C25H24N8O3/c1-16-12-21(32-36-16)25-30-29-24-20(23(26)34)13-22(31-33(24)25)35-15-19-9-5-8-18(28-19)14-27-11-10-17-6-3-2-4-7-17/h2-9,12-13,27H,10-11,14-15H2,1H3,(H2,26,34). The van der Waals surface area contributed by atoms with Gasteiger partial charge in [0.15, 0.2) is 11.3 Å². The number of pyridine rings is 1. The first-order valence-electron chi connectivity index (χ1n) is 11.4. The number of benzene rings is 1. The van der Waals surface area contributed by atoms with Gasteiger partial charge in [-0.05, 0) is 37.6 Å². The number of primary amides is 1. The van der Waals surface area contributed by atoms with E-state index >= 15 is 0 Å². The Hall–Kier alpha value is -4.64. The van der Waals surface area contributed by atoms with Crippen molar-refractivity contribution in [2.75, 3.05) is 6.54 Å². The Morgan fingerprint density at radius 3 is 2.69 bits per heavy atom. The van der Waals surface area contributed by atoms with E-state index < -0.39 is 5.91 Å². The van der Waals surface area contributed by atoms with Crippen LogP contribution < -0.4 is 15.8 Å². The third kappa shape index (κ3) is 5.20. The van der Waals surface area contributed by atoms with Crippen molar-refractivity contribution in [1.82, 2.24) is 35.3 Å². The number of rotatable bonds is 10. The van der Waals surface area contributed by atoms with E-state index in [1.165, 1.54) is 16.1 Å². The highest BCUT2D eigenvalue weighted by atomic mass is 16.5. The zero-order valence-electron chi connectivity index (χ0n) is 19.6. The van der Waals surface area contributed by atoms with Gasteiger partial charge in [-0.2, -0.15) is 4.52 Å². The summed E-state index contributed by atoms with van der Waals surface area (Å²) in [5, 5.41) is 19.9. The molecule has 0 radical (unpaired) electrons. The molecule has 1 aromatic carbocycles. The van der Waals surface area contributed by atoms with Gasteiger partial charge in [0.25, 0.3) is 5.91 Å². The topological polar surface area (TPSA) is 146 Å². The SMILES string of the molecule is Cc1cc(-c2nnc3c(C(N)=O)cc(OCc4cccc(CNCCc5ccccc5)n4)nn23)no1. The lowest BCUT2D eigenvalue weighted by molar-refractivity contribution is 0.100. The number of carbonyl (C=O) groups is 1. The average molecular weight is 485 g/mol. The number of aryl methyl sites for hydroxylation is 1. The molecule has 0 spiro atoms. The predicted octanol–water partition coefficient (Wildman–Crippen LogP) is 2.49. The Labute approximate surface area is 206 Å². The lowest BCUT2D eigenvalue weighted by Gasteiger charge is -2.09. The van der Waals surface area contributed by atoms with Crippen LogP contribution in [0.3, 0.4) is 0 Å². The number of ether oxygens (including phenoxy) is 1. The summed E-state index contributed by atoms with van der Waals surface area (Å²) in [4.78, 5) is 16.7. The number of nitrogens with two attached hydrogens (primary N) is 1. The molecule has 11 heteroatoms. The van der Waals surface area contributed by atoms with E-state index in [1.807, 2.05) is 36.4 Å². The number of carbonyl (C=O) groups excluding carboxylic acids is 1. The predicted molar refractivity (Wildman–Crippen MR) is 130 cm³/mol. The Bertz CT molecular complexity index is 1500. The average Bonchev–Trinajstić information content (AvgIpc) is 3.51. The summed E-state index contributed by atoms with van der Waals surface area (Å²) < 4.78 is 12.4. The van der Waals surface area contributed by atoms with Crippen molar-refractivity contribution >= 4 is 11.6 Å². The molecule has 0 bridgehead atoms. The minimum Gasteiger partial charge on any atom is -0.470 e. The fourth-order valence-electron chi connectivity index (χ4n) is 3.69. The summed E-state index contributed by atoms with van der Waals surface area (Å²) >= 11 is 0. The molecule has 4 heterocycles. The quantitative estimate of drug-likeness (QED) is 0.285. The Morgan fingerprint density at radius 2 is 1.92 bits per heavy atom. The molecule has 5 rings (SSSR count). The number of fused-ring (bicyclic) bond motifs is 1. The van der Waals surface area contributed by atoms with Crippen molar-refractivity contribution in [2.24, 2.45) is 5.73 Å². The monoisotopic (exact) mass is 484 g/mol. The van der Waals surface area contributed by atoms with E-state index in [0.29, 0.717) is 23.8 Å². The highest BCUT2D eigenvalue weighted by Gasteiger charge is 2.20. The molecule has 1 amide bonds. The van der Waals surface area contributed by atoms with Gasteiger partial charge in [-0.1, -0.05) is 41.6 Å². The van der Waals surface area contributed by atoms with Gasteiger partial charge in [-0.15, -0.1) is 15.3 Å². The fourth-order valence-corrected chi connectivity index (χ4v) is 3.69. The van der Waals surface area contributed by atoms with Gasteiger partial charge in [-0.25, -0.2) is 0 Å². The van der Waals surface area contributed by atoms with Crippen molar-refractivity contribution in [3.05, 3.63) is 88.9 Å². The van der Waals surface area contributed by atoms with Gasteiger partial charge < -0.3 is 20.3 Å². The first-order chi connectivity index (χ1) is 17.6. The maximum absolute atomic E-state index is 12.1. The molecule has 3 N–H and O–H groups in total. The summed E-state index contributed by atoms with van der Waals surface area (Å²) in [7, 11) is 0. The van der Waals surface area contributed by atoms with Gasteiger partial charge in [0.2, 0.25) is 11.7 Å². The molecule has 4 aromatic heterocycles. The van der Waals surface area contributed by atoms with E-state index in [4.69, 9.17) is 15.0 Å². The molecule has 0 saturated heterocycles. The molecule has 0 saturated carbocycles. The number of nitrogens with zero attached hydrogens (tertiary/aromatic N) is 6. The van der Waals surface area contributed by atoms with Crippen LogP contribution in [0.5, 0.6) is 5.88 Å². The maximum atomic E-state index is 12.1. The normalized spacial score (nSPS) is 11.1. The highest BCUT2D eigenvalue weighted by Crippen LogP contribution is 2.22. The molecule has 11 nitrogen and oxygen atoms in total. The number of nitrogens with one attached hydrogen (secondary N) is 1. The highest BCUT2D eigenvalue weighted by molar-refractivity contribution is 5.99. The van der Waals surface area contributed by atoms with Crippen LogP contribution in [-0.4, -0.2) is 42.4 Å². The molecule has 0 aliphatic carbocycles. The molecule has 0 atom stereocenters. The summed E-state index contributed by atoms with van der Waals surface area (Å²) in [5.74, 6) is 0.399. The first-order valence-corrected chi connectivity index (χ1v) is 11.4. The lowest BCUT2D eigenvalue weighted by Crippen LogP contribution is -2.18. The molecule has 0 aliphatic rings. The van der Waals surface area contributed by atoms with Gasteiger partial charge in [0, 0.05) is 18.7 Å². The van der Waals surface area contributed by atoms with Crippen LogP contribution in [0.2, 0.25) is 0 Å². The van der Waals surface area contributed by atoms with Crippen LogP contribution in [0.25, 0.3) is 17.2 Å².